The van der Waals surface area contributed by atoms with Gasteiger partial charge in [-0.2, -0.15) is 4.57 Å². The lowest BCUT2D eigenvalue weighted by Gasteiger charge is -2.06. The number of carbonyl (C=O) groups excluding carboxylic acids is 1. The molecule has 1 aliphatic heterocycles. The standard InChI is InChI=1S/C25H17N3O3S2/c29-16-5-1-14(2-6-16)11-18-25(31)28-13-19(15-3-7-17(30)8-4-15)26-23(24(28)27-18)22-12-21-20(33-22)9-10-32-21/h1-10,12-13,18,29-30H,11H2/p+1. The average molecular weight is 473 g/mol. The number of hydrogen-bond donors (Lipinski definition) is 3. The number of fused-ring (bicyclic) bond motifs is 2. The predicted octanol–water partition coefficient (Wildman–Crippen LogP) is 5.07. The highest BCUT2D eigenvalue weighted by Crippen LogP contribution is 2.39. The number of phenols is 2. The molecule has 0 fully saturated rings. The van der Waals surface area contributed by atoms with Crippen LogP contribution >= 0.6 is 22.7 Å². The lowest BCUT2D eigenvalue weighted by Crippen LogP contribution is -2.43. The molecule has 0 aliphatic carbocycles. The van der Waals surface area contributed by atoms with Crippen LogP contribution in [0, 0.1) is 0 Å². The largest absolute Gasteiger partial charge is 0.508 e. The lowest BCUT2D eigenvalue weighted by molar-refractivity contribution is -0.551. The smallest absolute Gasteiger partial charge is 0.359 e. The summed E-state index contributed by atoms with van der Waals surface area (Å²) in [5, 5.41) is 24.7. The Hall–Kier alpha value is -3.75. The maximum Gasteiger partial charge on any atom is 0.359 e. The van der Waals surface area contributed by atoms with Crippen molar-refractivity contribution in [2.75, 3.05) is 5.32 Å². The van der Waals surface area contributed by atoms with Crippen LogP contribution in [0.4, 0.5) is 5.82 Å². The second kappa shape index (κ2) is 7.68. The third-order valence-corrected chi connectivity index (χ3v) is 7.81. The van der Waals surface area contributed by atoms with E-state index in [2.05, 4.69) is 22.8 Å². The van der Waals surface area contributed by atoms with Gasteiger partial charge in [0, 0.05) is 21.4 Å². The van der Waals surface area contributed by atoms with E-state index in [4.69, 9.17) is 4.98 Å². The third-order valence-electron chi connectivity index (χ3n) is 5.71. The molecule has 0 radical (unpaired) electrons. The minimum Gasteiger partial charge on any atom is -0.508 e. The van der Waals surface area contributed by atoms with Crippen LogP contribution in [0.2, 0.25) is 0 Å². The van der Waals surface area contributed by atoms with Gasteiger partial charge in [0.1, 0.15) is 23.4 Å². The lowest BCUT2D eigenvalue weighted by atomic mass is 10.1. The molecule has 33 heavy (non-hydrogen) atoms. The highest BCUT2D eigenvalue weighted by molar-refractivity contribution is 7.28. The van der Waals surface area contributed by atoms with E-state index in [0.717, 1.165) is 21.7 Å². The number of thiophene rings is 2. The summed E-state index contributed by atoms with van der Waals surface area (Å²) in [6.07, 6.45) is 2.25. The number of hydrogen-bond acceptors (Lipinski definition) is 7. The molecule has 3 N–H and O–H groups in total. The van der Waals surface area contributed by atoms with Crippen molar-refractivity contribution in [3.05, 3.63) is 77.8 Å². The molecule has 4 heterocycles. The molecule has 0 spiro atoms. The number of nitrogens with zero attached hydrogens (tertiary/aromatic N) is 2. The van der Waals surface area contributed by atoms with Gasteiger partial charge < -0.3 is 10.2 Å². The SMILES string of the molecule is O=C1C(Cc2ccc(O)cc2)Nc2c(-c3cc4sccc4s3)nc(-c3ccc(O)cc3)c[n+]21. The number of rotatable bonds is 4. The summed E-state index contributed by atoms with van der Waals surface area (Å²) in [5.74, 6) is 1.00. The van der Waals surface area contributed by atoms with E-state index in [9.17, 15) is 15.0 Å². The molecule has 0 bridgehead atoms. The van der Waals surface area contributed by atoms with Crippen molar-refractivity contribution in [2.45, 2.75) is 12.5 Å². The van der Waals surface area contributed by atoms with Crippen molar-refractivity contribution in [1.29, 1.82) is 0 Å². The van der Waals surface area contributed by atoms with Crippen molar-refractivity contribution in [1.82, 2.24) is 4.98 Å². The molecule has 6 rings (SSSR count). The van der Waals surface area contributed by atoms with Crippen LogP contribution in [0.1, 0.15) is 10.4 Å². The molecule has 1 aliphatic rings. The first-order valence-corrected chi connectivity index (χ1v) is 12.1. The summed E-state index contributed by atoms with van der Waals surface area (Å²) in [5.41, 5.74) is 3.16. The van der Waals surface area contributed by atoms with Gasteiger partial charge in [-0.15, -0.1) is 22.7 Å². The molecular weight excluding hydrogens is 454 g/mol. The zero-order valence-electron chi connectivity index (χ0n) is 17.2. The van der Waals surface area contributed by atoms with Crippen LogP contribution in [-0.4, -0.2) is 27.1 Å². The quantitative estimate of drug-likeness (QED) is 0.318. The second-order valence-electron chi connectivity index (χ2n) is 7.91. The Kier molecular flexibility index (Phi) is 4.63. The normalized spacial score (nSPS) is 15.0. The van der Waals surface area contributed by atoms with Gasteiger partial charge in [-0.25, -0.2) is 9.78 Å². The molecule has 0 saturated carbocycles. The van der Waals surface area contributed by atoms with Gasteiger partial charge in [-0.3, -0.25) is 5.32 Å². The van der Waals surface area contributed by atoms with Gasteiger partial charge in [0.2, 0.25) is 0 Å². The molecule has 6 nitrogen and oxygen atoms in total. The van der Waals surface area contributed by atoms with Gasteiger partial charge in [-0.1, -0.05) is 12.1 Å². The Morgan fingerprint density at radius 3 is 2.42 bits per heavy atom. The van der Waals surface area contributed by atoms with Gasteiger partial charge in [0.15, 0.2) is 11.7 Å². The number of carbonyl (C=O) groups is 1. The first kappa shape index (κ1) is 19.9. The molecule has 8 heteroatoms. The number of aromatic nitrogens is 2. The fourth-order valence-electron chi connectivity index (χ4n) is 4.04. The second-order valence-corrected chi connectivity index (χ2v) is 9.94. The monoisotopic (exact) mass is 472 g/mol. The topological polar surface area (TPSA) is 86.3 Å². The first-order chi connectivity index (χ1) is 16.0. The fourth-order valence-corrected chi connectivity index (χ4v) is 6.14. The number of benzene rings is 2. The first-order valence-electron chi connectivity index (χ1n) is 10.4. The summed E-state index contributed by atoms with van der Waals surface area (Å²) in [6.45, 7) is 0. The van der Waals surface area contributed by atoms with Crippen LogP contribution in [0.15, 0.2) is 72.2 Å². The highest BCUT2D eigenvalue weighted by Gasteiger charge is 2.41. The Balaban J connectivity index is 1.46. The zero-order valence-corrected chi connectivity index (χ0v) is 18.9. The van der Waals surface area contributed by atoms with E-state index in [0.29, 0.717) is 17.9 Å². The van der Waals surface area contributed by atoms with Crippen LogP contribution in [-0.2, 0) is 6.42 Å². The molecule has 162 valence electrons. The van der Waals surface area contributed by atoms with Crippen molar-refractivity contribution in [2.24, 2.45) is 0 Å². The summed E-state index contributed by atoms with van der Waals surface area (Å²) >= 11 is 3.34. The van der Waals surface area contributed by atoms with Crippen molar-refractivity contribution in [3.63, 3.8) is 0 Å². The average Bonchev–Trinajstić information content (AvgIpc) is 3.50. The van der Waals surface area contributed by atoms with Crippen LogP contribution in [0.5, 0.6) is 11.5 Å². The minimum atomic E-state index is -0.439. The summed E-state index contributed by atoms with van der Waals surface area (Å²) < 4.78 is 4.04. The van der Waals surface area contributed by atoms with E-state index < -0.39 is 6.04 Å². The maximum absolute atomic E-state index is 13.4. The van der Waals surface area contributed by atoms with Gasteiger partial charge in [0.05, 0.1) is 4.88 Å². The van der Waals surface area contributed by atoms with Crippen LogP contribution < -0.4 is 9.88 Å². The van der Waals surface area contributed by atoms with Crippen LogP contribution in [0.3, 0.4) is 0 Å². The van der Waals surface area contributed by atoms with E-state index in [1.165, 1.54) is 9.40 Å². The summed E-state index contributed by atoms with van der Waals surface area (Å²) in [7, 11) is 0. The zero-order chi connectivity index (χ0) is 22.5. The molecule has 3 aromatic heterocycles. The number of aromatic hydroxyl groups is 2. The minimum absolute atomic E-state index is 0.0554. The van der Waals surface area contributed by atoms with E-state index in [-0.39, 0.29) is 17.4 Å². The third kappa shape index (κ3) is 3.53. The number of anilines is 1. The summed E-state index contributed by atoms with van der Waals surface area (Å²) in [4.78, 5) is 19.3. The van der Waals surface area contributed by atoms with Gasteiger partial charge in [-0.05, 0) is 59.5 Å². The number of phenolic OH excluding ortho intramolecular Hbond substituents is 2. The Bertz CT molecular complexity index is 1480. The Morgan fingerprint density at radius 2 is 1.70 bits per heavy atom. The van der Waals surface area contributed by atoms with E-state index in [1.54, 1.807) is 69.8 Å². The highest BCUT2D eigenvalue weighted by atomic mass is 32.1. The fraction of sp³-hybridized carbons (Fsp3) is 0.0800. The molecule has 5 aromatic rings. The van der Waals surface area contributed by atoms with Crippen LogP contribution in [0.25, 0.3) is 31.2 Å². The van der Waals surface area contributed by atoms with Gasteiger partial charge in [0.25, 0.3) is 0 Å². The maximum atomic E-state index is 13.4. The van der Waals surface area contributed by atoms with E-state index in [1.807, 2.05) is 12.1 Å². The molecule has 1 atom stereocenters. The number of nitrogens with one attached hydrogen (secondary N) is 1. The van der Waals surface area contributed by atoms with Crippen molar-refractivity contribution >= 4 is 43.8 Å². The molecule has 0 saturated heterocycles. The Labute approximate surface area is 197 Å². The van der Waals surface area contributed by atoms with Crippen molar-refractivity contribution in [3.8, 4) is 33.3 Å². The van der Waals surface area contributed by atoms with Gasteiger partial charge >= 0.3 is 11.7 Å². The van der Waals surface area contributed by atoms with E-state index >= 15 is 0 Å². The molecule has 0 amide bonds. The molecule has 1 unspecified atom stereocenters. The predicted molar refractivity (Wildman–Crippen MR) is 130 cm³/mol. The molecule has 2 aromatic carbocycles. The molecular formula is C25H18N3O3S2+. The summed E-state index contributed by atoms with van der Waals surface area (Å²) in [6, 6.07) is 17.5. The van der Waals surface area contributed by atoms with Crippen molar-refractivity contribution < 1.29 is 19.6 Å². The Morgan fingerprint density at radius 1 is 0.970 bits per heavy atom.